The molecule has 1 aromatic carbocycles. The second-order valence-electron chi connectivity index (χ2n) is 6.15. The van der Waals surface area contributed by atoms with Crippen LogP contribution in [-0.4, -0.2) is 67.2 Å². The summed E-state index contributed by atoms with van der Waals surface area (Å²) in [7, 11) is 3.83. The first-order valence-corrected chi connectivity index (χ1v) is 7.24. The van der Waals surface area contributed by atoms with E-state index in [9.17, 15) is 10.2 Å². The first-order chi connectivity index (χ1) is 9.78. The average Bonchev–Trinajstić information content (AvgIpc) is 2.34. The van der Waals surface area contributed by atoms with Crippen molar-refractivity contribution in [3.05, 3.63) is 29.8 Å². The van der Waals surface area contributed by atoms with E-state index in [1.165, 1.54) is 0 Å². The largest absolute Gasteiger partial charge is 0.491 e. The standard InChI is InChI=1S/C16H28N2O3/c1-13-6-5-7-15(8-13)21-10-14(19)9-17-11-16(2,20)12-18(3)4/h5-8,14,17,19-20H,9-12H2,1-4H3. The minimum Gasteiger partial charge on any atom is -0.491 e. The molecule has 2 unspecified atom stereocenters. The Morgan fingerprint density at radius 1 is 1.38 bits per heavy atom. The van der Waals surface area contributed by atoms with Crippen molar-refractivity contribution in [1.82, 2.24) is 10.2 Å². The third-order valence-electron chi connectivity index (χ3n) is 2.97. The van der Waals surface area contributed by atoms with Crippen molar-refractivity contribution >= 4 is 0 Å². The first-order valence-electron chi connectivity index (χ1n) is 7.24. The third-order valence-corrected chi connectivity index (χ3v) is 2.97. The summed E-state index contributed by atoms with van der Waals surface area (Å²) < 4.78 is 5.54. The summed E-state index contributed by atoms with van der Waals surface area (Å²) in [5.41, 5.74) is 0.306. The molecule has 0 saturated carbocycles. The number of rotatable bonds is 9. The van der Waals surface area contributed by atoms with Crippen LogP contribution in [0, 0.1) is 6.92 Å². The molecule has 0 bridgehead atoms. The van der Waals surface area contributed by atoms with Gasteiger partial charge in [-0.3, -0.25) is 0 Å². The Labute approximate surface area is 127 Å². The Kier molecular flexibility index (Phi) is 7.11. The van der Waals surface area contributed by atoms with E-state index in [1.807, 2.05) is 50.2 Å². The Balaban J connectivity index is 2.24. The fourth-order valence-corrected chi connectivity index (χ4v) is 2.20. The molecule has 0 radical (unpaired) electrons. The maximum absolute atomic E-state index is 10.1. The van der Waals surface area contributed by atoms with Crippen LogP contribution in [0.3, 0.4) is 0 Å². The molecule has 120 valence electrons. The van der Waals surface area contributed by atoms with E-state index in [0.717, 1.165) is 11.3 Å². The molecule has 0 fully saturated rings. The van der Waals surface area contributed by atoms with Gasteiger partial charge in [0, 0.05) is 19.6 Å². The molecule has 5 heteroatoms. The molecule has 3 N–H and O–H groups in total. The number of benzene rings is 1. The molecule has 0 aromatic heterocycles. The lowest BCUT2D eigenvalue weighted by Gasteiger charge is -2.27. The maximum Gasteiger partial charge on any atom is 0.119 e. The van der Waals surface area contributed by atoms with E-state index in [0.29, 0.717) is 19.6 Å². The number of nitrogens with one attached hydrogen (secondary N) is 1. The Bertz CT molecular complexity index is 422. The van der Waals surface area contributed by atoms with Crippen molar-refractivity contribution < 1.29 is 14.9 Å². The van der Waals surface area contributed by atoms with E-state index in [-0.39, 0.29) is 6.61 Å². The van der Waals surface area contributed by atoms with Crippen molar-refractivity contribution in [1.29, 1.82) is 0 Å². The number of ether oxygens (including phenoxy) is 1. The third kappa shape index (κ3) is 8.02. The van der Waals surface area contributed by atoms with Crippen LogP contribution in [0.4, 0.5) is 0 Å². The molecular weight excluding hydrogens is 268 g/mol. The summed E-state index contributed by atoms with van der Waals surface area (Å²) in [6.45, 7) is 5.37. The van der Waals surface area contributed by atoms with E-state index in [2.05, 4.69) is 5.32 Å². The maximum atomic E-state index is 10.1. The number of hydrogen-bond acceptors (Lipinski definition) is 5. The van der Waals surface area contributed by atoms with Crippen LogP contribution in [-0.2, 0) is 0 Å². The van der Waals surface area contributed by atoms with Gasteiger partial charge in [0.25, 0.3) is 0 Å². The lowest BCUT2D eigenvalue weighted by Crippen LogP contribution is -2.47. The lowest BCUT2D eigenvalue weighted by atomic mass is 10.1. The highest BCUT2D eigenvalue weighted by Gasteiger charge is 2.21. The summed E-state index contributed by atoms with van der Waals surface area (Å²) in [5.74, 6) is 0.758. The molecule has 1 rings (SSSR count). The van der Waals surface area contributed by atoms with Gasteiger partial charge in [-0.2, -0.15) is 0 Å². The zero-order chi connectivity index (χ0) is 15.9. The predicted molar refractivity (Wildman–Crippen MR) is 84.7 cm³/mol. The normalized spacial score (nSPS) is 15.8. The summed E-state index contributed by atoms with van der Waals surface area (Å²) in [5, 5.41) is 23.1. The van der Waals surface area contributed by atoms with Crippen LogP contribution in [0.5, 0.6) is 5.75 Å². The van der Waals surface area contributed by atoms with Crippen molar-refractivity contribution in [2.45, 2.75) is 25.6 Å². The number of hydrogen-bond donors (Lipinski definition) is 3. The second-order valence-corrected chi connectivity index (χ2v) is 6.15. The Morgan fingerprint density at radius 2 is 2.10 bits per heavy atom. The van der Waals surface area contributed by atoms with Gasteiger partial charge in [-0.05, 0) is 45.6 Å². The lowest BCUT2D eigenvalue weighted by molar-refractivity contribution is 0.0286. The fraction of sp³-hybridized carbons (Fsp3) is 0.625. The van der Waals surface area contributed by atoms with Crippen LogP contribution in [0.25, 0.3) is 0 Å². The minimum atomic E-state index is -0.819. The van der Waals surface area contributed by atoms with Crippen molar-refractivity contribution in [2.24, 2.45) is 0 Å². The molecular formula is C16H28N2O3. The quantitative estimate of drug-likeness (QED) is 0.624. The van der Waals surface area contributed by atoms with Crippen molar-refractivity contribution in [2.75, 3.05) is 40.3 Å². The van der Waals surface area contributed by atoms with Gasteiger partial charge in [0.05, 0.1) is 5.60 Å². The monoisotopic (exact) mass is 296 g/mol. The van der Waals surface area contributed by atoms with Gasteiger partial charge in [0.15, 0.2) is 0 Å². The van der Waals surface area contributed by atoms with E-state index < -0.39 is 11.7 Å². The molecule has 0 heterocycles. The highest BCUT2D eigenvalue weighted by atomic mass is 16.5. The molecule has 5 nitrogen and oxygen atoms in total. The van der Waals surface area contributed by atoms with Gasteiger partial charge in [0.2, 0.25) is 0 Å². The van der Waals surface area contributed by atoms with Crippen LogP contribution in [0.1, 0.15) is 12.5 Å². The molecule has 0 saturated heterocycles. The second kappa shape index (κ2) is 8.34. The SMILES string of the molecule is Cc1cccc(OCC(O)CNCC(C)(O)CN(C)C)c1. The first kappa shape index (κ1) is 17.9. The zero-order valence-electron chi connectivity index (χ0n) is 13.5. The number of likely N-dealkylation sites (N-methyl/N-ethyl adjacent to an activating group) is 1. The van der Waals surface area contributed by atoms with Gasteiger partial charge in [0.1, 0.15) is 18.5 Å². The number of nitrogens with zero attached hydrogens (tertiary/aromatic N) is 1. The molecule has 0 amide bonds. The topological polar surface area (TPSA) is 65.0 Å². The summed E-state index contributed by atoms with van der Waals surface area (Å²) in [4.78, 5) is 1.93. The van der Waals surface area contributed by atoms with Gasteiger partial charge in [-0.25, -0.2) is 0 Å². The highest BCUT2D eigenvalue weighted by molar-refractivity contribution is 5.27. The van der Waals surface area contributed by atoms with E-state index >= 15 is 0 Å². The molecule has 2 atom stereocenters. The molecule has 21 heavy (non-hydrogen) atoms. The van der Waals surface area contributed by atoms with Gasteiger partial charge >= 0.3 is 0 Å². The van der Waals surface area contributed by atoms with Gasteiger partial charge < -0.3 is 25.2 Å². The molecule has 0 aliphatic carbocycles. The van der Waals surface area contributed by atoms with Gasteiger partial charge in [-0.15, -0.1) is 0 Å². The predicted octanol–water partition coefficient (Wildman–Crippen LogP) is 0.637. The molecule has 0 spiro atoms. The van der Waals surface area contributed by atoms with E-state index in [4.69, 9.17) is 4.74 Å². The molecule has 0 aliphatic rings. The number of aliphatic hydroxyl groups is 2. The average molecular weight is 296 g/mol. The smallest absolute Gasteiger partial charge is 0.119 e. The highest BCUT2D eigenvalue weighted by Crippen LogP contribution is 2.12. The zero-order valence-corrected chi connectivity index (χ0v) is 13.5. The number of aliphatic hydroxyl groups excluding tert-OH is 1. The Hall–Kier alpha value is -1.14. The van der Waals surface area contributed by atoms with Crippen LogP contribution in [0.2, 0.25) is 0 Å². The molecule has 1 aromatic rings. The van der Waals surface area contributed by atoms with Gasteiger partial charge in [-0.1, -0.05) is 12.1 Å². The number of aryl methyl sites for hydroxylation is 1. The minimum absolute atomic E-state index is 0.228. The van der Waals surface area contributed by atoms with E-state index in [1.54, 1.807) is 6.92 Å². The van der Waals surface area contributed by atoms with Crippen LogP contribution in [0.15, 0.2) is 24.3 Å². The Morgan fingerprint density at radius 3 is 2.71 bits per heavy atom. The van der Waals surface area contributed by atoms with Crippen LogP contribution < -0.4 is 10.1 Å². The van der Waals surface area contributed by atoms with Crippen LogP contribution >= 0.6 is 0 Å². The fourth-order valence-electron chi connectivity index (χ4n) is 2.20. The summed E-state index contributed by atoms with van der Waals surface area (Å²) in [6.07, 6.45) is -0.610. The van der Waals surface area contributed by atoms with Crippen molar-refractivity contribution in [3.63, 3.8) is 0 Å². The molecule has 0 aliphatic heterocycles. The summed E-state index contributed by atoms with van der Waals surface area (Å²) in [6, 6.07) is 7.72. The van der Waals surface area contributed by atoms with Crippen molar-refractivity contribution in [3.8, 4) is 5.75 Å². The summed E-state index contributed by atoms with van der Waals surface area (Å²) >= 11 is 0.